The van der Waals surface area contributed by atoms with E-state index in [-0.39, 0.29) is 0 Å². The number of aliphatic imine (C=N–C) groups is 1. The lowest BCUT2D eigenvalue weighted by Crippen LogP contribution is -2.33. The van der Waals surface area contributed by atoms with Crippen molar-refractivity contribution in [3.05, 3.63) is 0 Å². The van der Waals surface area contributed by atoms with Gasteiger partial charge in [0.25, 0.3) is 0 Å². The molecular weight excluding hydrogens is 110 g/mol. The zero-order chi connectivity index (χ0) is 6.16. The summed E-state index contributed by atoms with van der Waals surface area (Å²) in [5.41, 5.74) is 0.609. The van der Waals surface area contributed by atoms with Gasteiger partial charge in [-0.05, 0) is 25.7 Å². The lowest BCUT2D eigenvalue weighted by Gasteiger charge is -2.40. The van der Waals surface area contributed by atoms with Crippen LogP contribution in [-0.4, -0.2) is 12.8 Å². The molecule has 1 saturated carbocycles. The van der Waals surface area contributed by atoms with E-state index < -0.39 is 0 Å². The summed E-state index contributed by atoms with van der Waals surface area (Å²) in [6.07, 6.45) is 9.23. The van der Waals surface area contributed by atoms with Crippen LogP contribution in [0, 0.1) is 5.41 Å². The van der Waals surface area contributed by atoms with Crippen LogP contribution < -0.4 is 0 Å². The molecule has 2 aliphatic rings. The van der Waals surface area contributed by atoms with Crippen LogP contribution in [0.1, 0.15) is 32.1 Å². The minimum atomic E-state index is 0.609. The minimum Gasteiger partial charge on any atom is -0.297 e. The molecule has 0 atom stereocenters. The first kappa shape index (κ1) is 5.45. The monoisotopic (exact) mass is 123 g/mol. The predicted octanol–water partition coefficient (Wildman–Crippen LogP) is 2.02. The first-order valence-corrected chi connectivity index (χ1v) is 3.92. The fourth-order valence-corrected chi connectivity index (χ4v) is 1.86. The van der Waals surface area contributed by atoms with E-state index in [0.29, 0.717) is 5.41 Å². The molecule has 9 heavy (non-hydrogen) atoms. The minimum absolute atomic E-state index is 0.609. The van der Waals surface area contributed by atoms with E-state index in [1.807, 2.05) is 0 Å². The van der Waals surface area contributed by atoms with Crippen LogP contribution in [0.15, 0.2) is 4.99 Å². The molecule has 1 spiro atoms. The molecular formula is C8H13N. The van der Waals surface area contributed by atoms with E-state index in [1.54, 1.807) is 0 Å². The molecule has 1 nitrogen and oxygen atoms in total. The average molecular weight is 123 g/mol. The maximum absolute atomic E-state index is 4.33. The third-order valence-electron chi connectivity index (χ3n) is 2.68. The Balaban J connectivity index is 2.09. The van der Waals surface area contributed by atoms with Gasteiger partial charge in [0.2, 0.25) is 0 Å². The van der Waals surface area contributed by atoms with Crippen molar-refractivity contribution in [3.63, 3.8) is 0 Å². The Morgan fingerprint density at radius 2 is 1.89 bits per heavy atom. The summed E-state index contributed by atoms with van der Waals surface area (Å²) in [5.74, 6) is 0. The second-order valence-electron chi connectivity index (χ2n) is 3.35. The van der Waals surface area contributed by atoms with E-state index in [2.05, 4.69) is 11.2 Å². The third kappa shape index (κ3) is 0.790. The Bertz CT molecular complexity index is 134. The van der Waals surface area contributed by atoms with Crippen LogP contribution in [0.25, 0.3) is 0 Å². The van der Waals surface area contributed by atoms with Crippen LogP contribution in [-0.2, 0) is 0 Å². The normalized spacial score (nSPS) is 30.2. The van der Waals surface area contributed by atoms with Gasteiger partial charge in [-0.1, -0.05) is 6.42 Å². The first-order chi connectivity index (χ1) is 4.41. The lowest BCUT2D eigenvalue weighted by atomic mass is 9.66. The Labute approximate surface area is 56.2 Å². The van der Waals surface area contributed by atoms with Gasteiger partial charge in [-0.15, -0.1) is 0 Å². The van der Waals surface area contributed by atoms with Crippen molar-refractivity contribution in [2.45, 2.75) is 32.1 Å². The average Bonchev–Trinajstić information content (AvgIpc) is 1.87. The summed E-state index contributed by atoms with van der Waals surface area (Å²) in [6.45, 7) is 1.09. The standard InChI is InChI=1S/C8H13N/c1-3-8(4-1)5-2-6-9-7-8/h7H,1-6H2. The molecule has 1 aliphatic carbocycles. The highest BCUT2D eigenvalue weighted by Gasteiger charge is 2.35. The van der Waals surface area contributed by atoms with Gasteiger partial charge in [0, 0.05) is 18.2 Å². The lowest BCUT2D eigenvalue weighted by molar-refractivity contribution is 0.210. The van der Waals surface area contributed by atoms with Crippen molar-refractivity contribution < 1.29 is 0 Å². The van der Waals surface area contributed by atoms with Crippen molar-refractivity contribution in [2.75, 3.05) is 6.54 Å². The second-order valence-corrected chi connectivity index (χ2v) is 3.35. The molecule has 1 fully saturated rings. The molecule has 1 heteroatoms. The van der Waals surface area contributed by atoms with E-state index in [4.69, 9.17) is 0 Å². The zero-order valence-electron chi connectivity index (χ0n) is 5.77. The largest absolute Gasteiger partial charge is 0.297 e. The topological polar surface area (TPSA) is 12.4 Å². The SMILES string of the molecule is C1=NCCCC12CCC2. The van der Waals surface area contributed by atoms with Gasteiger partial charge in [0.1, 0.15) is 0 Å². The molecule has 1 heterocycles. The van der Waals surface area contributed by atoms with Crippen molar-refractivity contribution in [2.24, 2.45) is 10.4 Å². The summed E-state index contributed by atoms with van der Waals surface area (Å²) in [5, 5.41) is 0. The summed E-state index contributed by atoms with van der Waals surface area (Å²) in [6, 6.07) is 0. The van der Waals surface area contributed by atoms with Gasteiger partial charge in [-0.3, -0.25) is 4.99 Å². The smallest absolute Gasteiger partial charge is 0.0385 e. The predicted molar refractivity (Wildman–Crippen MR) is 38.9 cm³/mol. The van der Waals surface area contributed by atoms with Crippen LogP contribution in [0.5, 0.6) is 0 Å². The Kier molecular flexibility index (Phi) is 1.11. The van der Waals surface area contributed by atoms with Crippen LogP contribution in [0.4, 0.5) is 0 Å². The second kappa shape index (κ2) is 1.83. The summed E-state index contributed by atoms with van der Waals surface area (Å²) in [7, 11) is 0. The molecule has 0 unspecified atom stereocenters. The Hall–Kier alpha value is -0.330. The number of rotatable bonds is 0. The van der Waals surface area contributed by atoms with Crippen LogP contribution in [0.2, 0.25) is 0 Å². The van der Waals surface area contributed by atoms with E-state index in [9.17, 15) is 0 Å². The molecule has 0 N–H and O–H groups in total. The maximum atomic E-state index is 4.33. The molecule has 0 saturated heterocycles. The molecule has 0 aromatic carbocycles. The highest BCUT2D eigenvalue weighted by Crippen LogP contribution is 2.44. The molecule has 50 valence electrons. The number of hydrogen-bond donors (Lipinski definition) is 0. The Morgan fingerprint density at radius 1 is 1.11 bits per heavy atom. The van der Waals surface area contributed by atoms with Crippen LogP contribution >= 0.6 is 0 Å². The molecule has 0 radical (unpaired) electrons. The molecule has 1 aliphatic heterocycles. The fourth-order valence-electron chi connectivity index (χ4n) is 1.86. The molecule has 0 bridgehead atoms. The van der Waals surface area contributed by atoms with E-state index in [0.717, 1.165) is 6.54 Å². The quantitative estimate of drug-likeness (QED) is 0.467. The third-order valence-corrected chi connectivity index (χ3v) is 2.68. The van der Waals surface area contributed by atoms with Gasteiger partial charge in [-0.25, -0.2) is 0 Å². The number of hydrogen-bond acceptors (Lipinski definition) is 1. The molecule has 0 amide bonds. The van der Waals surface area contributed by atoms with Gasteiger partial charge in [0.15, 0.2) is 0 Å². The van der Waals surface area contributed by atoms with Gasteiger partial charge in [-0.2, -0.15) is 0 Å². The van der Waals surface area contributed by atoms with Gasteiger partial charge >= 0.3 is 0 Å². The van der Waals surface area contributed by atoms with Crippen molar-refractivity contribution in [1.82, 2.24) is 0 Å². The van der Waals surface area contributed by atoms with Gasteiger partial charge in [0.05, 0.1) is 0 Å². The zero-order valence-corrected chi connectivity index (χ0v) is 5.77. The van der Waals surface area contributed by atoms with Crippen LogP contribution in [0.3, 0.4) is 0 Å². The Morgan fingerprint density at radius 3 is 2.22 bits per heavy atom. The maximum Gasteiger partial charge on any atom is 0.0385 e. The molecule has 0 aromatic heterocycles. The van der Waals surface area contributed by atoms with E-state index in [1.165, 1.54) is 32.1 Å². The molecule has 0 aromatic rings. The first-order valence-electron chi connectivity index (χ1n) is 3.92. The fraction of sp³-hybridized carbons (Fsp3) is 0.875. The summed E-state index contributed by atoms with van der Waals surface area (Å²) < 4.78 is 0. The highest BCUT2D eigenvalue weighted by atomic mass is 14.7. The van der Waals surface area contributed by atoms with Gasteiger partial charge < -0.3 is 0 Å². The molecule has 2 rings (SSSR count). The van der Waals surface area contributed by atoms with E-state index >= 15 is 0 Å². The van der Waals surface area contributed by atoms with Crippen molar-refractivity contribution in [1.29, 1.82) is 0 Å². The summed E-state index contributed by atoms with van der Waals surface area (Å²) >= 11 is 0. The van der Waals surface area contributed by atoms with Crippen molar-refractivity contribution >= 4 is 6.21 Å². The highest BCUT2D eigenvalue weighted by molar-refractivity contribution is 5.67. The van der Waals surface area contributed by atoms with Crippen molar-refractivity contribution in [3.8, 4) is 0 Å². The number of nitrogens with zero attached hydrogens (tertiary/aromatic N) is 1. The summed E-state index contributed by atoms with van der Waals surface area (Å²) in [4.78, 5) is 4.33.